The molecule has 22 heavy (non-hydrogen) atoms. The van der Waals surface area contributed by atoms with E-state index in [0.717, 1.165) is 45.9 Å². The lowest BCUT2D eigenvalue weighted by atomic mass is 9.96. The molecule has 0 aromatic rings. The third-order valence-corrected chi connectivity index (χ3v) is 4.82. The van der Waals surface area contributed by atoms with Crippen LogP contribution in [0.25, 0.3) is 0 Å². The number of rotatable bonds is 5. The van der Waals surface area contributed by atoms with Gasteiger partial charge in [0.1, 0.15) is 6.04 Å². The lowest BCUT2D eigenvalue weighted by molar-refractivity contribution is -0.126. The number of morpholine rings is 1. The number of amides is 2. The number of ether oxygens (including phenoxy) is 2. The topological polar surface area (TPSA) is 79.9 Å². The number of carbonyl (C=O) groups excluding carboxylic acids is 2. The summed E-state index contributed by atoms with van der Waals surface area (Å²) in [6.07, 6.45) is 2.08. The minimum absolute atomic E-state index is 0.0333. The Kier molecular flexibility index (Phi) is 5.28. The monoisotopic (exact) mass is 311 g/mol. The molecule has 2 N–H and O–H groups in total. The Morgan fingerprint density at radius 2 is 2.09 bits per heavy atom. The van der Waals surface area contributed by atoms with Crippen LogP contribution < -0.4 is 10.6 Å². The maximum Gasteiger partial charge on any atom is 0.242 e. The molecule has 7 heteroatoms. The number of hydrogen-bond donors (Lipinski definition) is 2. The third-order valence-electron chi connectivity index (χ3n) is 4.82. The average molecular weight is 311 g/mol. The first-order valence-electron chi connectivity index (χ1n) is 8.20. The summed E-state index contributed by atoms with van der Waals surface area (Å²) in [6.45, 7) is 5.47. The van der Waals surface area contributed by atoms with E-state index in [2.05, 4.69) is 15.5 Å². The van der Waals surface area contributed by atoms with Gasteiger partial charge in [-0.15, -0.1) is 0 Å². The van der Waals surface area contributed by atoms with Gasteiger partial charge in [-0.05, 0) is 12.8 Å². The van der Waals surface area contributed by atoms with Crippen LogP contribution in [0, 0.1) is 5.92 Å². The van der Waals surface area contributed by atoms with Crippen LogP contribution in [0.3, 0.4) is 0 Å². The van der Waals surface area contributed by atoms with Crippen LogP contribution in [-0.2, 0) is 19.1 Å². The van der Waals surface area contributed by atoms with Crippen LogP contribution >= 0.6 is 0 Å². The normalized spacial score (nSPS) is 31.0. The second-order valence-corrected chi connectivity index (χ2v) is 6.24. The highest BCUT2D eigenvalue weighted by atomic mass is 16.5. The summed E-state index contributed by atoms with van der Waals surface area (Å²) < 4.78 is 10.9. The smallest absolute Gasteiger partial charge is 0.242 e. The van der Waals surface area contributed by atoms with Crippen LogP contribution in [0.1, 0.15) is 19.3 Å². The van der Waals surface area contributed by atoms with E-state index in [1.807, 2.05) is 0 Å². The van der Waals surface area contributed by atoms with E-state index in [9.17, 15) is 9.59 Å². The summed E-state index contributed by atoms with van der Waals surface area (Å²) in [5.74, 6) is 0.355. The summed E-state index contributed by atoms with van der Waals surface area (Å²) in [5, 5.41) is 5.74. The molecule has 0 saturated carbocycles. The number of hydrogen-bond acceptors (Lipinski definition) is 5. The maximum absolute atomic E-state index is 12.2. The molecule has 0 aromatic heterocycles. The standard InChI is InChI=1S/C15H25N3O4/c19-14-2-1-12(17-14)15(20)16-9-13(11-3-6-22-10-11)18-4-7-21-8-5-18/h11-13H,1-10H2,(H,16,20)(H,17,19). The number of carbonyl (C=O) groups is 2. The van der Waals surface area contributed by atoms with Crippen LogP contribution in [0.2, 0.25) is 0 Å². The van der Waals surface area contributed by atoms with Crippen molar-refractivity contribution in [1.82, 2.24) is 15.5 Å². The fourth-order valence-electron chi connectivity index (χ4n) is 3.50. The minimum Gasteiger partial charge on any atom is -0.381 e. The van der Waals surface area contributed by atoms with Gasteiger partial charge in [0.05, 0.1) is 19.8 Å². The van der Waals surface area contributed by atoms with E-state index in [1.165, 1.54) is 0 Å². The fraction of sp³-hybridized carbons (Fsp3) is 0.867. The van der Waals surface area contributed by atoms with Crippen molar-refractivity contribution >= 4 is 11.8 Å². The molecule has 3 aliphatic heterocycles. The van der Waals surface area contributed by atoms with Crippen molar-refractivity contribution in [2.24, 2.45) is 5.92 Å². The molecule has 0 bridgehead atoms. The first-order valence-corrected chi connectivity index (χ1v) is 8.20. The molecular weight excluding hydrogens is 286 g/mol. The van der Waals surface area contributed by atoms with Crippen LogP contribution in [0.15, 0.2) is 0 Å². The molecule has 0 aliphatic carbocycles. The molecule has 3 heterocycles. The Hall–Kier alpha value is -1.18. The van der Waals surface area contributed by atoms with E-state index in [4.69, 9.17) is 9.47 Å². The summed E-state index contributed by atoms with van der Waals surface area (Å²) in [6, 6.07) is -0.0786. The molecule has 2 amide bonds. The molecule has 124 valence electrons. The zero-order valence-corrected chi connectivity index (χ0v) is 12.9. The predicted molar refractivity (Wildman–Crippen MR) is 79.3 cm³/mol. The highest BCUT2D eigenvalue weighted by Crippen LogP contribution is 2.22. The Morgan fingerprint density at radius 1 is 1.27 bits per heavy atom. The van der Waals surface area contributed by atoms with Gasteiger partial charge in [-0.2, -0.15) is 0 Å². The zero-order valence-electron chi connectivity index (χ0n) is 12.9. The second-order valence-electron chi connectivity index (χ2n) is 6.24. The first kappa shape index (κ1) is 15.7. The summed E-state index contributed by atoms with van der Waals surface area (Å²) in [5.41, 5.74) is 0. The van der Waals surface area contributed by atoms with E-state index in [1.54, 1.807) is 0 Å². The van der Waals surface area contributed by atoms with E-state index >= 15 is 0 Å². The molecule has 3 unspecified atom stereocenters. The Morgan fingerprint density at radius 3 is 2.73 bits per heavy atom. The second kappa shape index (κ2) is 7.39. The van der Waals surface area contributed by atoms with Gasteiger partial charge in [0, 0.05) is 44.6 Å². The van der Waals surface area contributed by atoms with Gasteiger partial charge in [-0.3, -0.25) is 14.5 Å². The molecule has 0 radical (unpaired) electrons. The lowest BCUT2D eigenvalue weighted by Crippen LogP contribution is -2.54. The first-order chi connectivity index (χ1) is 10.7. The SMILES string of the molecule is O=C1CCC(C(=O)NCC(C2CCOC2)N2CCOCC2)N1. The zero-order chi connectivity index (χ0) is 15.4. The van der Waals surface area contributed by atoms with Crippen molar-refractivity contribution in [2.45, 2.75) is 31.3 Å². The number of nitrogens with zero attached hydrogens (tertiary/aromatic N) is 1. The molecule has 3 rings (SSSR count). The maximum atomic E-state index is 12.2. The highest BCUT2D eigenvalue weighted by molar-refractivity contribution is 5.90. The van der Waals surface area contributed by atoms with Crippen LogP contribution in [-0.4, -0.2) is 74.9 Å². The molecule has 3 fully saturated rings. The van der Waals surface area contributed by atoms with Crippen LogP contribution in [0.4, 0.5) is 0 Å². The predicted octanol–water partition coefficient (Wildman–Crippen LogP) is -0.881. The van der Waals surface area contributed by atoms with Gasteiger partial charge in [-0.1, -0.05) is 0 Å². The quantitative estimate of drug-likeness (QED) is 0.689. The Balaban J connectivity index is 1.54. The Bertz CT molecular complexity index is 406. The molecule has 0 spiro atoms. The molecule has 3 saturated heterocycles. The van der Waals surface area contributed by atoms with Gasteiger partial charge in [-0.25, -0.2) is 0 Å². The van der Waals surface area contributed by atoms with Crippen molar-refractivity contribution < 1.29 is 19.1 Å². The summed E-state index contributed by atoms with van der Waals surface area (Å²) in [4.78, 5) is 25.8. The van der Waals surface area contributed by atoms with Gasteiger partial charge >= 0.3 is 0 Å². The van der Waals surface area contributed by atoms with Gasteiger partial charge < -0.3 is 20.1 Å². The lowest BCUT2D eigenvalue weighted by Gasteiger charge is -2.37. The molecule has 0 aromatic carbocycles. The van der Waals surface area contributed by atoms with Crippen LogP contribution in [0.5, 0.6) is 0 Å². The van der Waals surface area contributed by atoms with Crippen molar-refractivity contribution in [1.29, 1.82) is 0 Å². The van der Waals surface area contributed by atoms with Crippen molar-refractivity contribution in [3.05, 3.63) is 0 Å². The highest BCUT2D eigenvalue weighted by Gasteiger charge is 2.33. The number of nitrogens with one attached hydrogen (secondary N) is 2. The van der Waals surface area contributed by atoms with E-state index in [0.29, 0.717) is 25.3 Å². The molecule has 3 atom stereocenters. The Labute approximate surface area is 130 Å². The van der Waals surface area contributed by atoms with Gasteiger partial charge in [0.25, 0.3) is 0 Å². The van der Waals surface area contributed by atoms with Crippen molar-refractivity contribution in [2.75, 3.05) is 46.1 Å². The van der Waals surface area contributed by atoms with Crippen molar-refractivity contribution in [3.63, 3.8) is 0 Å². The average Bonchev–Trinajstić information content (AvgIpc) is 3.20. The fourth-order valence-corrected chi connectivity index (χ4v) is 3.50. The van der Waals surface area contributed by atoms with E-state index in [-0.39, 0.29) is 23.9 Å². The largest absolute Gasteiger partial charge is 0.381 e. The molecule has 3 aliphatic rings. The van der Waals surface area contributed by atoms with Crippen molar-refractivity contribution in [3.8, 4) is 0 Å². The third kappa shape index (κ3) is 3.77. The molecule has 7 nitrogen and oxygen atoms in total. The summed E-state index contributed by atoms with van der Waals surface area (Å²) >= 11 is 0. The van der Waals surface area contributed by atoms with Gasteiger partial charge in [0.15, 0.2) is 0 Å². The minimum atomic E-state index is -0.363. The van der Waals surface area contributed by atoms with Gasteiger partial charge in [0.2, 0.25) is 11.8 Å². The molecular formula is C15H25N3O4. The van der Waals surface area contributed by atoms with E-state index < -0.39 is 0 Å². The summed E-state index contributed by atoms with van der Waals surface area (Å²) in [7, 11) is 0.